The molecule has 2 aromatic carbocycles. The maximum Gasteiger partial charge on any atom is 0.326 e. The van der Waals surface area contributed by atoms with E-state index in [1.54, 1.807) is 12.1 Å². The number of phenolic OH excluding ortho intramolecular Hbond substituents is 2. The lowest BCUT2D eigenvalue weighted by Crippen LogP contribution is -2.58. The first-order chi connectivity index (χ1) is 19.5. The van der Waals surface area contributed by atoms with Gasteiger partial charge in [0.15, 0.2) is 0 Å². The van der Waals surface area contributed by atoms with Gasteiger partial charge in [-0.25, -0.2) is 9.78 Å². The number of thiol groups is 1. The van der Waals surface area contributed by atoms with Crippen LogP contribution in [0.2, 0.25) is 0 Å². The molecule has 0 spiro atoms. The van der Waals surface area contributed by atoms with Gasteiger partial charge in [0.2, 0.25) is 17.7 Å². The van der Waals surface area contributed by atoms with Crippen LogP contribution in [0, 0.1) is 0 Å². The predicted molar refractivity (Wildman–Crippen MR) is 151 cm³/mol. The molecular formula is C27H32N6O7S. The largest absolute Gasteiger partial charge is 0.508 e. The quantitative estimate of drug-likeness (QED) is 0.113. The topological polar surface area (TPSA) is 220 Å². The number of aromatic nitrogens is 2. The van der Waals surface area contributed by atoms with Gasteiger partial charge in [-0.2, -0.15) is 12.6 Å². The third kappa shape index (κ3) is 9.54. The Morgan fingerprint density at radius 3 is 1.71 bits per heavy atom. The van der Waals surface area contributed by atoms with Gasteiger partial charge in [0.1, 0.15) is 29.6 Å². The van der Waals surface area contributed by atoms with E-state index in [-0.39, 0.29) is 36.5 Å². The van der Waals surface area contributed by atoms with E-state index in [2.05, 4.69) is 38.5 Å². The maximum absolute atomic E-state index is 13.4. The van der Waals surface area contributed by atoms with E-state index >= 15 is 0 Å². The summed E-state index contributed by atoms with van der Waals surface area (Å²) in [5, 5.41) is 36.6. The Bertz CT molecular complexity index is 1320. The van der Waals surface area contributed by atoms with Crippen LogP contribution in [-0.4, -0.2) is 78.9 Å². The maximum atomic E-state index is 13.4. The Morgan fingerprint density at radius 1 is 0.780 bits per heavy atom. The number of carbonyl (C=O) groups excluding carboxylic acids is 3. The standard InChI is InChI=1S/C27H32N6O7S/c28-20(13-41)24(36)31-22(11-17-12-29-14-30-17)26(38)32-21(9-15-1-5-18(34)6-2-15)25(37)33-23(27(39)40)10-16-3-7-19(35)8-4-16/h1-8,12,14,20-23,34-35,41H,9-11,13,28H2,(H,29,30)(H,31,36)(H,32,38)(H,33,37)(H,39,40). The summed E-state index contributed by atoms with van der Waals surface area (Å²) >= 11 is 4.02. The summed E-state index contributed by atoms with van der Waals surface area (Å²) < 4.78 is 0. The highest BCUT2D eigenvalue weighted by molar-refractivity contribution is 7.80. The van der Waals surface area contributed by atoms with Gasteiger partial charge < -0.3 is 42.0 Å². The van der Waals surface area contributed by atoms with Crippen molar-refractivity contribution in [2.75, 3.05) is 5.75 Å². The first kappa shape index (κ1) is 31.0. The van der Waals surface area contributed by atoms with Crippen molar-refractivity contribution in [3.8, 4) is 11.5 Å². The number of aromatic hydroxyl groups is 2. The number of rotatable bonds is 14. The number of phenols is 2. The smallest absolute Gasteiger partial charge is 0.326 e. The molecule has 4 atom stereocenters. The lowest BCUT2D eigenvalue weighted by atomic mass is 10.0. The van der Waals surface area contributed by atoms with Crippen LogP contribution in [0.5, 0.6) is 11.5 Å². The minimum absolute atomic E-state index is 0.00138. The minimum Gasteiger partial charge on any atom is -0.508 e. The fourth-order valence-electron chi connectivity index (χ4n) is 3.88. The second-order valence-electron chi connectivity index (χ2n) is 9.33. The number of amides is 3. The van der Waals surface area contributed by atoms with E-state index in [4.69, 9.17) is 5.73 Å². The molecule has 13 nitrogen and oxygen atoms in total. The third-order valence-electron chi connectivity index (χ3n) is 6.15. The Kier molecular flexibility index (Phi) is 11.1. The number of hydrogen-bond acceptors (Lipinski definition) is 9. The van der Waals surface area contributed by atoms with Crippen molar-refractivity contribution in [3.63, 3.8) is 0 Å². The Labute approximate surface area is 241 Å². The van der Waals surface area contributed by atoms with Crippen molar-refractivity contribution in [2.24, 2.45) is 5.73 Å². The number of carboxylic acids is 1. The van der Waals surface area contributed by atoms with Crippen molar-refractivity contribution in [3.05, 3.63) is 77.9 Å². The zero-order valence-electron chi connectivity index (χ0n) is 21.9. The molecular weight excluding hydrogens is 552 g/mol. The van der Waals surface area contributed by atoms with Crippen molar-refractivity contribution in [2.45, 2.75) is 43.4 Å². The molecule has 3 rings (SSSR count). The fourth-order valence-corrected chi connectivity index (χ4v) is 4.04. The van der Waals surface area contributed by atoms with Gasteiger partial charge in [0.05, 0.1) is 12.4 Å². The molecule has 0 saturated heterocycles. The molecule has 0 aliphatic heterocycles. The highest BCUT2D eigenvalue weighted by atomic mass is 32.1. The number of nitrogens with two attached hydrogens (primary N) is 1. The minimum atomic E-state index is -1.35. The summed E-state index contributed by atoms with van der Waals surface area (Å²) in [6.07, 6.45) is 2.76. The molecule has 0 aliphatic rings. The van der Waals surface area contributed by atoms with Crippen LogP contribution in [0.15, 0.2) is 61.1 Å². The molecule has 0 bridgehead atoms. The summed E-state index contributed by atoms with van der Waals surface area (Å²) in [6.45, 7) is 0. The van der Waals surface area contributed by atoms with Crippen LogP contribution >= 0.6 is 12.6 Å². The summed E-state index contributed by atoms with van der Waals surface area (Å²) in [5.41, 5.74) is 7.42. The van der Waals surface area contributed by atoms with Crippen molar-refractivity contribution in [1.29, 1.82) is 0 Å². The number of hydrogen-bond donors (Lipinski definition) is 9. The molecule has 1 heterocycles. The van der Waals surface area contributed by atoms with E-state index in [0.717, 1.165) is 0 Å². The van der Waals surface area contributed by atoms with Crippen LogP contribution < -0.4 is 21.7 Å². The van der Waals surface area contributed by atoms with E-state index in [9.17, 15) is 34.5 Å². The fraction of sp³-hybridized carbons (Fsp3) is 0.296. The van der Waals surface area contributed by atoms with Gasteiger partial charge in [-0.05, 0) is 35.4 Å². The number of aromatic amines is 1. The zero-order chi connectivity index (χ0) is 29.9. The molecule has 41 heavy (non-hydrogen) atoms. The lowest BCUT2D eigenvalue weighted by molar-refractivity contribution is -0.142. The zero-order valence-corrected chi connectivity index (χ0v) is 22.8. The SMILES string of the molecule is NC(CS)C(=O)NC(Cc1cnc[nH]1)C(=O)NC(Cc1ccc(O)cc1)C(=O)NC(Cc1ccc(O)cc1)C(=O)O. The van der Waals surface area contributed by atoms with E-state index < -0.39 is 47.9 Å². The third-order valence-corrected chi connectivity index (χ3v) is 6.54. The van der Waals surface area contributed by atoms with Crippen molar-refractivity contribution >= 4 is 36.3 Å². The molecule has 3 amide bonds. The second-order valence-corrected chi connectivity index (χ2v) is 9.70. The Hall–Kier alpha value is -4.56. The molecule has 4 unspecified atom stereocenters. The van der Waals surface area contributed by atoms with Gasteiger partial charge in [0.25, 0.3) is 0 Å². The average molecular weight is 585 g/mol. The van der Waals surface area contributed by atoms with Crippen LogP contribution in [0.3, 0.4) is 0 Å². The average Bonchev–Trinajstić information content (AvgIpc) is 3.46. The molecule has 0 aliphatic carbocycles. The van der Waals surface area contributed by atoms with Gasteiger partial charge in [-0.3, -0.25) is 14.4 Å². The predicted octanol–water partition coefficient (Wildman–Crippen LogP) is -0.355. The number of H-pyrrole nitrogens is 1. The Morgan fingerprint density at radius 2 is 1.24 bits per heavy atom. The van der Waals surface area contributed by atoms with Crippen LogP contribution in [0.1, 0.15) is 16.8 Å². The summed E-state index contributed by atoms with van der Waals surface area (Å²) in [5.74, 6) is -3.38. The molecule has 9 N–H and O–H groups in total. The van der Waals surface area contributed by atoms with Crippen LogP contribution in [-0.2, 0) is 38.4 Å². The van der Waals surface area contributed by atoms with Crippen molar-refractivity contribution < 1.29 is 34.5 Å². The van der Waals surface area contributed by atoms with Crippen molar-refractivity contribution in [1.82, 2.24) is 25.9 Å². The number of nitrogens with zero attached hydrogens (tertiary/aromatic N) is 1. The molecule has 3 aromatic rings. The first-order valence-corrected chi connectivity index (χ1v) is 13.2. The van der Waals surface area contributed by atoms with Gasteiger partial charge >= 0.3 is 5.97 Å². The van der Waals surface area contributed by atoms with E-state index in [1.165, 1.54) is 48.9 Å². The molecule has 0 fully saturated rings. The van der Waals surface area contributed by atoms with E-state index in [0.29, 0.717) is 16.8 Å². The number of nitrogens with one attached hydrogen (secondary N) is 4. The molecule has 14 heteroatoms. The van der Waals surface area contributed by atoms with Crippen LogP contribution in [0.25, 0.3) is 0 Å². The number of imidazole rings is 1. The van der Waals surface area contributed by atoms with Crippen LogP contribution in [0.4, 0.5) is 0 Å². The highest BCUT2D eigenvalue weighted by Gasteiger charge is 2.31. The number of carboxylic acid groups (broad SMARTS) is 1. The molecule has 1 aromatic heterocycles. The number of benzene rings is 2. The molecule has 0 radical (unpaired) electrons. The number of carbonyl (C=O) groups is 4. The Balaban J connectivity index is 1.83. The molecule has 218 valence electrons. The summed E-state index contributed by atoms with van der Waals surface area (Å²) in [4.78, 5) is 58.1. The second kappa shape index (κ2) is 14.7. The van der Waals surface area contributed by atoms with E-state index in [1.807, 2.05) is 0 Å². The summed E-state index contributed by atoms with van der Waals surface area (Å²) in [6, 6.07) is 7.07. The first-order valence-electron chi connectivity index (χ1n) is 12.6. The lowest BCUT2D eigenvalue weighted by Gasteiger charge is -2.25. The van der Waals surface area contributed by atoms with Gasteiger partial charge in [-0.1, -0.05) is 24.3 Å². The van der Waals surface area contributed by atoms with Gasteiger partial charge in [-0.15, -0.1) is 0 Å². The molecule has 0 saturated carbocycles. The van der Waals surface area contributed by atoms with Gasteiger partial charge in [0, 0.05) is 36.9 Å². The highest BCUT2D eigenvalue weighted by Crippen LogP contribution is 2.14. The number of aliphatic carboxylic acids is 1. The summed E-state index contributed by atoms with van der Waals surface area (Å²) in [7, 11) is 0. The monoisotopic (exact) mass is 584 g/mol. The normalized spacial score (nSPS) is 13.8.